The molecule has 0 heterocycles. The molecule has 0 aliphatic carbocycles. The number of phosphoric acid groups is 1. The fourth-order valence-corrected chi connectivity index (χ4v) is 4.51. The highest BCUT2D eigenvalue weighted by atomic mass is 31.2. The first-order chi connectivity index (χ1) is 20.6. The minimum absolute atomic E-state index is 0.140. The lowest BCUT2D eigenvalue weighted by atomic mass is 10.1. The van der Waals surface area contributed by atoms with Gasteiger partial charge in [-0.1, -0.05) is 88.8 Å². The van der Waals surface area contributed by atoms with Crippen LogP contribution in [0.4, 0.5) is 0 Å². The lowest BCUT2D eigenvalue weighted by Crippen LogP contribution is -2.43. The maximum absolute atomic E-state index is 12.1. The van der Waals surface area contributed by atoms with Gasteiger partial charge in [0, 0.05) is 12.8 Å². The Labute approximate surface area is 257 Å². The lowest BCUT2D eigenvalue weighted by molar-refractivity contribution is -0.147. The minimum atomic E-state index is -4.74. The summed E-state index contributed by atoms with van der Waals surface area (Å²) in [6.45, 7) is 2.29. The summed E-state index contributed by atoms with van der Waals surface area (Å²) in [6, 6.07) is -1.54. The van der Waals surface area contributed by atoms with Crippen LogP contribution in [0.2, 0.25) is 0 Å². The molecule has 0 fully saturated rings. The highest BCUT2D eigenvalue weighted by molar-refractivity contribution is 7.47. The molecule has 0 aliphatic heterocycles. The fourth-order valence-electron chi connectivity index (χ4n) is 3.74. The van der Waals surface area contributed by atoms with E-state index in [1.807, 2.05) is 0 Å². The third-order valence-electron chi connectivity index (χ3n) is 6.19. The molecule has 0 aliphatic rings. The number of hydrogen-bond acceptors (Lipinski definition) is 8. The van der Waals surface area contributed by atoms with Crippen molar-refractivity contribution in [3.63, 3.8) is 0 Å². The van der Waals surface area contributed by atoms with Gasteiger partial charge >= 0.3 is 19.8 Å². The Kier molecular flexibility index (Phi) is 25.8. The average Bonchev–Trinajstić information content (AvgIpc) is 2.97. The maximum Gasteiger partial charge on any atom is 0.472 e. The number of allylic oxidation sites excluding steroid dienone is 6. The molecule has 3 unspecified atom stereocenters. The zero-order valence-electron chi connectivity index (χ0n) is 26.0. The highest BCUT2D eigenvalue weighted by Gasteiger charge is 2.28. The van der Waals surface area contributed by atoms with Crippen LogP contribution in [0.3, 0.4) is 0 Å². The zero-order valence-corrected chi connectivity index (χ0v) is 26.9. The largest absolute Gasteiger partial charge is 0.480 e. The number of phosphoric ester groups is 1. The van der Waals surface area contributed by atoms with Gasteiger partial charge in [0.2, 0.25) is 5.91 Å². The van der Waals surface area contributed by atoms with Gasteiger partial charge in [0.25, 0.3) is 0 Å². The van der Waals surface area contributed by atoms with Crippen LogP contribution < -0.4 is 5.32 Å². The summed E-state index contributed by atoms with van der Waals surface area (Å²) < 4.78 is 26.4. The molecule has 0 saturated carbocycles. The monoisotopic (exact) mass is 631 g/mol. The first-order valence-electron chi connectivity index (χ1n) is 15.5. The molecule has 0 radical (unpaired) electrons. The average molecular weight is 632 g/mol. The number of aliphatic carboxylic acids is 1. The van der Waals surface area contributed by atoms with Crippen LogP contribution in [0.15, 0.2) is 36.5 Å². The van der Waals surface area contributed by atoms with Crippen LogP contribution in [-0.4, -0.2) is 64.9 Å². The van der Waals surface area contributed by atoms with Gasteiger partial charge in [0.1, 0.15) is 12.7 Å². The van der Waals surface area contributed by atoms with Gasteiger partial charge in [0.05, 0.1) is 13.2 Å². The molecule has 0 rings (SSSR count). The summed E-state index contributed by atoms with van der Waals surface area (Å²) in [5.74, 6) is -2.43. The molecular formula is C31H54NO10P. The number of rotatable bonds is 28. The molecule has 0 bridgehead atoms. The second kappa shape index (κ2) is 27.3. The Balaban J connectivity index is 4.06. The molecular weight excluding hydrogens is 577 g/mol. The Hall–Kier alpha value is -2.30. The van der Waals surface area contributed by atoms with Crippen molar-refractivity contribution in [2.45, 2.75) is 122 Å². The summed E-state index contributed by atoms with van der Waals surface area (Å²) >= 11 is 0. The quantitative estimate of drug-likeness (QED) is 0.0340. The number of aliphatic hydroxyl groups is 1. The number of carbonyl (C=O) groups excluding carboxylic acids is 2. The van der Waals surface area contributed by atoms with Crippen molar-refractivity contribution in [2.24, 2.45) is 0 Å². The van der Waals surface area contributed by atoms with E-state index in [0.29, 0.717) is 12.8 Å². The Morgan fingerprint density at radius 2 is 1.35 bits per heavy atom. The van der Waals surface area contributed by atoms with Crippen molar-refractivity contribution < 1.29 is 47.8 Å². The van der Waals surface area contributed by atoms with E-state index in [2.05, 4.69) is 60.1 Å². The van der Waals surface area contributed by atoms with Gasteiger partial charge in [-0.15, -0.1) is 0 Å². The van der Waals surface area contributed by atoms with Crippen LogP contribution >= 0.6 is 7.82 Å². The Morgan fingerprint density at radius 1 is 0.767 bits per heavy atom. The second-order valence-electron chi connectivity index (χ2n) is 10.3. The Bertz CT molecular complexity index is 890. The van der Waals surface area contributed by atoms with Gasteiger partial charge in [-0.25, -0.2) is 9.36 Å². The van der Waals surface area contributed by atoms with E-state index in [1.165, 1.54) is 0 Å². The number of carboxylic acids is 1. The summed E-state index contributed by atoms with van der Waals surface area (Å²) in [5, 5.41) is 21.5. The molecule has 0 saturated heterocycles. The Morgan fingerprint density at radius 3 is 2.02 bits per heavy atom. The van der Waals surface area contributed by atoms with E-state index in [4.69, 9.17) is 9.26 Å². The number of carbonyl (C=O) groups is 3. The van der Waals surface area contributed by atoms with Crippen LogP contribution in [0.1, 0.15) is 110 Å². The maximum atomic E-state index is 12.1. The second-order valence-corrected chi connectivity index (χ2v) is 11.7. The highest BCUT2D eigenvalue weighted by Crippen LogP contribution is 2.43. The molecule has 4 N–H and O–H groups in total. The van der Waals surface area contributed by atoms with Crippen LogP contribution in [0.25, 0.3) is 0 Å². The van der Waals surface area contributed by atoms with Gasteiger partial charge < -0.3 is 25.2 Å². The van der Waals surface area contributed by atoms with E-state index in [9.17, 15) is 34.1 Å². The summed E-state index contributed by atoms with van der Waals surface area (Å²) in [4.78, 5) is 45.1. The first kappa shape index (κ1) is 40.7. The van der Waals surface area contributed by atoms with Crippen molar-refractivity contribution in [1.82, 2.24) is 5.32 Å². The molecule has 3 atom stereocenters. The van der Waals surface area contributed by atoms with Crippen molar-refractivity contribution in [1.29, 1.82) is 0 Å². The normalized spacial score (nSPS) is 14.7. The summed E-state index contributed by atoms with van der Waals surface area (Å²) in [7, 11) is -4.74. The van der Waals surface area contributed by atoms with Gasteiger partial charge in [-0.3, -0.25) is 18.6 Å². The fraction of sp³-hybridized carbons (Fsp3) is 0.710. The number of aliphatic hydroxyl groups excluding tert-OH is 1. The van der Waals surface area contributed by atoms with Crippen molar-refractivity contribution in [3.05, 3.63) is 36.5 Å². The molecule has 43 heavy (non-hydrogen) atoms. The predicted octanol–water partition coefficient (Wildman–Crippen LogP) is 6.15. The molecule has 248 valence electrons. The molecule has 1 amide bonds. The lowest BCUT2D eigenvalue weighted by Gasteiger charge is -2.18. The van der Waals surface area contributed by atoms with Crippen LogP contribution in [0, 0.1) is 0 Å². The number of amides is 1. The molecule has 0 spiro atoms. The zero-order chi connectivity index (χ0) is 32.2. The van der Waals surface area contributed by atoms with Crippen LogP contribution in [-0.2, 0) is 32.7 Å². The number of esters is 1. The number of ether oxygens (including phenoxy) is 1. The standard InChI is InChI=1S/C31H54NO10P/c1-3-5-7-9-11-12-13-14-15-16-17-19-21-23-30(35)40-24-27(33)25-41-43(38,39)42-26-28(31(36)37)32-29(34)22-20-18-10-8-6-4-2/h5,7,11-12,14-15,27-28,33H,3-4,6,8-10,13,16-26H2,1-2H3,(H,32,34)(H,36,37)(H,38,39)/b7-5-,12-11-,15-14-. The SMILES string of the molecule is CC/C=C\C/C=C\C/C=C\CCCCCC(=O)OCC(O)COP(=O)(O)OCC(NC(=O)CCCCCCCC)C(=O)O. The van der Waals surface area contributed by atoms with E-state index in [1.54, 1.807) is 0 Å². The van der Waals surface area contributed by atoms with E-state index in [0.717, 1.165) is 70.6 Å². The smallest absolute Gasteiger partial charge is 0.472 e. The van der Waals surface area contributed by atoms with Crippen LogP contribution in [0.5, 0.6) is 0 Å². The topological polar surface area (TPSA) is 169 Å². The number of unbranched alkanes of at least 4 members (excludes halogenated alkanes) is 8. The van der Waals surface area contributed by atoms with Crippen molar-refractivity contribution in [2.75, 3.05) is 19.8 Å². The summed E-state index contributed by atoms with van der Waals surface area (Å²) in [6.07, 6.45) is 23.8. The number of carboxylic acid groups (broad SMARTS) is 1. The van der Waals surface area contributed by atoms with Gasteiger partial charge in [-0.05, 0) is 44.9 Å². The first-order valence-corrected chi connectivity index (χ1v) is 17.0. The van der Waals surface area contributed by atoms with E-state index < -0.39 is 57.6 Å². The number of hydrogen-bond donors (Lipinski definition) is 4. The minimum Gasteiger partial charge on any atom is -0.480 e. The van der Waals surface area contributed by atoms with Gasteiger partial charge in [-0.2, -0.15) is 0 Å². The predicted molar refractivity (Wildman–Crippen MR) is 166 cm³/mol. The van der Waals surface area contributed by atoms with Crippen molar-refractivity contribution in [3.8, 4) is 0 Å². The van der Waals surface area contributed by atoms with Crippen molar-refractivity contribution >= 4 is 25.7 Å². The molecule has 11 nitrogen and oxygen atoms in total. The third kappa shape index (κ3) is 27.0. The van der Waals surface area contributed by atoms with E-state index in [-0.39, 0.29) is 12.8 Å². The van der Waals surface area contributed by atoms with E-state index >= 15 is 0 Å². The molecule has 0 aromatic rings. The molecule has 0 aromatic carbocycles. The molecule has 12 heteroatoms. The van der Waals surface area contributed by atoms with Gasteiger partial charge in [0.15, 0.2) is 6.04 Å². The number of nitrogens with one attached hydrogen (secondary N) is 1. The summed E-state index contributed by atoms with van der Waals surface area (Å²) in [5.41, 5.74) is 0. The third-order valence-corrected chi connectivity index (χ3v) is 7.14. The molecule has 0 aromatic heterocycles.